The number of aromatic nitrogens is 2. The van der Waals surface area contributed by atoms with Crippen molar-refractivity contribution in [3.8, 4) is 11.8 Å². The first-order valence-electron chi connectivity index (χ1n) is 5.98. The third-order valence-electron chi connectivity index (χ3n) is 2.85. The number of hydrogen-bond donors (Lipinski definition) is 0. The minimum atomic E-state index is -4.83. The molecule has 0 spiro atoms. The summed E-state index contributed by atoms with van der Waals surface area (Å²) < 4.78 is 65.3. The number of carbonyl (C=O) groups excluding carboxylic acids is 1. The van der Waals surface area contributed by atoms with Crippen LogP contribution in [0.5, 0.6) is 0 Å². The summed E-state index contributed by atoms with van der Waals surface area (Å²) in [5.74, 6) is -1.40. The van der Waals surface area contributed by atoms with Gasteiger partial charge in [0, 0.05) is 0 Å². The molecule has 0 unspecified atom stereocenters. The number of hydrogen-bond acceptors (Lipinski definition) is 4. The number of carbonyl (C=O) groups is 1. The number of nitrogens with zero attached hydrogens (tertiary/aromatic N) is 3. The summed E-state index contributed by atoms with van der Waals surface area (Å²) in [6.45, 7) is 0. The van der Waals surface area contributed by atoms with Gasteiger partial charge >= 0.3 is 6.18 Å². The minimum Gasteiger partial charge on any atom is -0.296 e. The second-order valence-corrected chi connectivity index (χ2v) is 5.57. The molecule has 2 rings (SSSR count). The van der Waals surface area contributed by atoms with E-state index in [1.807, 2.05) is 0 Å². The Morgan fingerprint density at radius 2 is 2.08 bits per heavy atom. The van der Waals surface area contributed by atoms with Gasteiger partial charge in [-0.25, -0.2) is 13.5 Å². The van der Waals surface area contributed by atoms with Crippen molar-refractivity contribution in [1.82, 2.24) is 9.78 Å². The van der Waals surface area contributed by atoms with Crippen molar-refractivity contribution in [3.05, 3.63) is 39.9 Å². The number of rotatable bonds is 4. The first-order chi connectivity index (χ1) is 11.2. The third-order valence-corrected chi connectivity index (χ3v) is 3.94. The second kappa shape index (κ2) is 6.78. The fourth-order valence-electron chi connectivity index (χ4n) is 1.89. The van der Waals surface area contributed by atoms with E-state index in [-0.39, 0.29) is 22.9 Å². The van der Waals surface area contributed by atoms with Crippen LogP contribution in [0.25, 0.3) is 5.69 Å². The summed E-state index contributed by atoms with van der Waals surface area (Å²) >= 11 is 6.17. The normalized spacial score (nSPS) is 11.4. The fraction of sp³-hybridized carbons (Fsp3) is 0.154. The van der Waals surface area contributed by atoms with Crippen LogP contribution in [0.4, 0.5) is 22.0 Å². The molecule has 0 bridgehead atoms. The van der Waals surface area contributed by atoms with Crippen LogP contribution in [0.1, 0.15) is 21.7 Å². The molecular formula is C13H5ClF5N3OS. The molecule has 0 saturated carbocycles. The van der Waals surface area contributed by atoms with Gasteiger partial charge in [-0.15, -0.1) is 0 Å². The first kappa shape index (κ1) is 18.2. The number of alkyl halides is 4. The van der Waals surface area contributed by atoms with Crippen molar-refractivity contribution in [1.29, 1.82) is 5.26 Å². The molecule has 0 amide bonds. The van der Waals surface area contributed by atoms with Crippen LogP contribution in [0.3, 0.4) is 0 Å². The van der Waals surface area contributed by atoms with Crippen molar-refractivity contribution in [2.45, 2.75) is 11.1 Å². The molecule has 0 radical (unpaired) electrons. The number of halogens is 6. The van der Waals surface area contributed by atoms with Crippen LogP contribution in [0.15, 0.2) is 17.0 Å². The summed E-state index contributed by atoms with van der Waals surface area (Å²) in [4.78, 5) is 11.1. The van der Waals surface area contributed by atoms with E-state index in [0.717, 1.165) is 0 Å². The average Bonchev–Trinajstić information content (AvgIpc) is 2.83. The molecule has 1 heterocycles. The lowest BCUT2D eigenvalue weighted by Crippen LogP contribution is -2.10. The lowest BCUT2D eigenvalue weighted by atomic mass is 10.2. The van der Waals surface area contributed by atoms with E-state index in [4.69, 9.17) is 16.9 Å². The quantitative estimate of drug-likeness (QED) is 0.448. The summed E-state index contributed by atoms with van der Waals surface area (Å²) in [6, 6.07) is 1.25. The first-order valence-corrected chi connectivity index (χ1v) is 7.34. The Hall–Kier alpha value is -2.12. The van der Waals surface area contributed by atoms with E-state index in [1.54, 1.807) is 6.07 Å². The largest absolute Gasteiger partial charge is 0.416 e. The summed E-state index contributed by atoms with van der Waals surface area (Å²) in [5, 5.41) is 11.9. The van der Waals surface area contributed by atoms with Crippen molar-refractivity contribution < 1.29 is 26.7 Å². The predicted molar refractivity (Wildman–Crippen MR) is 75.5 cm³/mol. The molecule has 1 aromatic carbocycles. The standard InChI is InChI=1S/C13H5ClF5N3OS/c14-7-1-6(13(17,18)19)2-8(16)11(7)22-10(4-23)12(24-5-15)9(3-20)21-22/h1-2,4H,5H2. The topological polar surface area (TPSA) is 58.7 Å². The Labute approximate surface area is 140 Å². The van der Waals surface area contributed by atoms with Crippen molar-refractivity contribution >= 4 is 29.6 Å². The molecule has 0 aliphatic rings. The zero-order valence-corrected chi connectivity index (χ0v) is 12.9. The molecule has 2 aromatic rings. The third kappa shape index (κ3) is 3.22. The van der Waals surface area contributed by atoms with E-state index >= 15 is 0 Å². The number of aldehydes is 1. The maximum absolute atomic E-state index is 14.1. The molecule has 11 heteroatoms. The number of benzene rings is 1. The van der Waals surface area contributed by atoms with Gasteiger partial charge in [-0.1, -0.05) is 23.4 Å². The molecule has 0 aliphatic heterocycles. The number of nitriles is 1. The van der Waals surface area contributed by atoms with Gasteiger partial charge in [0.2, 0.25) is 0 Å². The van der Waals surface area contributed by atoms with Gasteiger partial charge in [0.15, 0.2) is 17.8 Å². The monoisotopic (exact) mass is 381 g/mol. The van der Waals surface area contributed by atoms with Gasteiger partial charge in [0.05, 0.1) is 15.5 Å². The second-order valence-electron chi connectivity index (χ2n) is 4.24. The van der Waals surface area contributed by atoms with Gasteiger partial charge in [0.1, 0.15) is 23.5 Å². The van der Waals surface area contributed by atoms with Crippen molar-refractivity contribution in [2.24, 2.45) is 0 Å². The molecule has 4 nitrogen and oxygen atoms in total. The lowest BCUT2D eigenvalue weighted by Gasteiger charge is -2.12. The zero-order valence-electron chi connectivity index (χ0n) is 11.4. The lowest BCUT2D eigenvalue weighted by molar-refractivity contribution is -0.137. The minimum absolute atomic E-state index is 0.162. The molecule has 126 valence electrons. The highest BCUT2D eigenvalue weighted by Gasteiger charge is 2.33. The molecular weight excluding hydrogens is 377 g/mol. The molecule has 0 N–H and O–H groups in total. The Balaban J connectivity index is 2.74. The SMILES string of the molecule is N#Cc1nn(-c2c(F)cc(C(F)(F)F)cc2Cl)c(C=O)c1SCF. The van der Waals surface area contributed by atoms with E-state index in [2.05, 4.69) is 5.10 Å². The summed E-state index contributed by atoms with van der Waals surface area (Å²) in [5.41, 5.74) is -2.74. The highest BCUT2D eigenvalue weighted by atomic mass is 35.5. The maximum Gasteiger partial charge on any atom is 0.416 e. The summed E-state index contributed by atoms with van der Waals surface area (Å²) in [7, 11) is 0. The Morgan fingerprint density at radius 3 is 2.54 bits per heavy atom. The van der Waals surface area contributed by atoms with Gasteiger partial charge in [-0.3, -0.25) is 4.79 Å². The predicted octanol–water partition coefficient (Wildman–Crippen LogP) is 4.39. The Morgan fingerprint density at radius 1 is 1.42 bits per heavy atom. The molecule has 0 fully saturated rings. The highest BCUT2D eigenvalue weighted by Crippen LogP contribution is 2.36. The number of thioether (sulfide) groups is 1. The van der Waals surface area contributed by atoms with Crippen LogP contribution >= 0.6 is 23.4 Å². The van der Waals surface area contributed by atoms with Gasteiger partial charge < -0.3 is 0 Å². The van der Waals surface area contributed by atoms with Crippen LogP contribution in [-0.2, 0) is 6.18 Å². The molecule has 24 heavy (non-hydrogen) atoms. The van der Waals surface area contributed by atoms with Crippen LogP contribution < -0.4 is 0 Å². The van der Waals surface area contributed by atoms with Crippen LogP contribution in [-0.4, -0.2) is 22.1 Å². The van der Waals surface area contributed by atoms with E-state index in [0.29, 0.717) is 22.5 Å². The fourth-order valence-corrected chi connectivity index (χ4v) is 2.79. The Kier molecular flexibility index (Phi) is 5.15. The average molecular weight is 382 g/mol. The molecule has 1 aromatic heterocycles. The van der Waals surface area contributed by atoms with Crippen molar-refractivity contribution in [3.63, 3.8) is 0 Å². The van der Waals surface area contributed by atoms with Gasteiger partial charge in [-0.2, -0.15) is 23.5 Å². The highest BCUT2D eigenvalue weighted by molar-refractivity contribution is 7.99. The van der Waals surface area contributed by atoms with Crippen LogP contribution in [0, 0.1) is 17.1 Å². The zero-order chi connectivity index (χ0) is 18.1. The van der Waals surface area contributed by atoms with E-state index in [9.17, 15) is 26.7 Å². The van der Waals surface area contributed by atoms with E-state index < -0.39 is 40.0 Å². The van der Waals surface area contributed by atoms with Crippen LogP contribution in [0.2, 0.25) is 5.02 Å². The molecule has 0 atom stereocenters. The maximum atomic E-state index is 14.1. The summed E-state index contributed by atoms with van der Waals surface area (Å²) in [6.07, 6.45) is -4.65. The smallest absolute Gasteiger partial charge is 0.296 e. The Bertz CT molecular complexity index is 820. The van der Waals surface area contributed by atoms with Crippen molar-refractivity contribution in [2.75, 3.05) is 6.01 Å². The van der Waals surface area contributed by atoms with Gasteiger partial charge in [-0.05, 0) is 12.1 Å². The van der Waals surface area contributed by atoms with E-state index in [1.165, 1.54) is 0 Å². The van der Waals surface area contributed by atoms with Gasteiger partial charge in [0.25, 0.3) is 0 Å². The molecule has 0 saturated heterocycles. The molecule has 0 aliphatic carbocycles.